The first-order chi connectivity index (χ1) is 6.21. The van der Waals surface area contributed by atoms with E-state index in [9.17, 15) is 0 Å². The summed E-state index contributed by atoms with van der Waals surface area (Å²) in [6, 6.07) is 10.4. The predicted octanol–water partition coefficient (Wildman–Crippen LogP) is 2.02. The Hall–Kier alpha value is -0.280. The van der Waals surface area contributed by atoms with Gasteiger partial charge < -0.3 is 10.6 Å². The molecule has 1 atom stereocenters. The van der Waals surface area contributed by atoms with Gasteiger partial charge in [0.1, 0.15) is 0 Å². The van der Waals surface area contributed by atoms with Crippen molar-refractivity contribution in [3.8, 4) is 0 Å². The molecule has 0 aliphatic carbocycles. The molecule has 1 aliphatic heterocycles. The highest BCUT2D eigenvalue weighted by Crippen LogP contribution is 2.27. The summed E-state index contributed by atoms with van der Waals surface area (Å²) in [4.78, 5) is 2.28. The fraction of sp³-hybridized carbons (Fsp3) is 0.455. The van der Waals surface area contributed by atoms with Gasteiger partial charge in [0, 0.05) is 13.1 Å². The van der Waals surface area contributed by atoms with Crippen molar-refractivity contribution in [2.75, 3.05) is 20.1 Å². The zero-order valence-electron chi connectivity index (χ0n) is 8.85. The van der Waals surface area contributed by atoms with Gasteiger partial charge in [0.15, 0.2) is 0 Å². The lowest BCUT2D eigenvalue weighted by molar-refractivity contribution is 0.373. The van der Waals surface area contributed by atoms with Crippen LogP contribution in [0.25, 0.3) is 0 Å². The summed E-state index contributed by atoms with van der Waals surface area (Å²) in [6.45, 7) is 2.07. The van der Waals surface area contributed by atoms with E-state index in [4.69, 9.17) is 5.73 Å². The number of nitrogens with two attached hydrogens (primary N) is 1. The Kier molecular flexibility index (Phi) is 5.60. The van der Waals surface area contributed by atoms with Crippen molar-refractivity contribution >= 4 is 24.8 Å². The molecule has 0 aromatic heterocycles. The predicted molar refractivity (Wildman–Crippen MR) is 68.9 cm³/mol. The van der Waals surface area contributed by atoms with Gasteiger partial charge in [-0.25, -0.2) is 0 Å². The van der Waals surface area contributed by atoms with Crippen molar-refractivity contribution in [2.45, 2.75) is 12.0 Å². The monoisotopic (exact) mass is 248 g/mol. The van der Waals surface area contributed by atoms with Crippen molar-refractivity contribution in [2.24, 2.45) is 5.73 Å². The van der Waals surface area contributed by atoms with E-state index in [0.717, 1.165) is 19.5 Å². The van der Waals surface area contributed by atoms with Crippen LogP contribution >= 0.6 is 24.8 Å². The second-order valence-electron chi connectivity index (χ2n) is 4.01. The van der Waals surface area contributed by atoms with E-state index in [-0.39, 0.29) is 30.4 Å². The van der Waals surface area contributed by atoms with Gasteiger partial charge in [-0.1, -0.05) is 30.3 Å². The summed E-state index contributed by atoms with van der Waals surface area (Å²) in [6.07, 6.45) is 1.06. The van der Waals surface area contributed by atoms with Crippen LogP contribution in [-0.4, -0.2) is 25.0 Å². The summed E-state index contributed by atoms with van der Waals surface area (Å²) in [7, 11) is 2.12. The maximum atomic E-state index is 6.33. The number of halogens is 2. The lowest BCUT2D eigenvalue weighted by atomic mass is 9.90. The fourth-order valence-electron chi connectivity index (χ4n) is 2.04. The fourth-order valence-corrected chi connectivity index (χ4v) is 2.04. The standard InChI is InChI=1S/C11H16N2.2ClH/c1-13-8-7-11(12,9-13)10-5-3-2-4-6-10;;/h2-6H,7-9,12H2,1H3;2*1H. The maximum absolute atomic E-state index is 6.33. The molecule has 1 fully saturated rings. The lowest BCUT2D eigenvalue weighted by Gasteiger charge is -2.24. The van der Waals surface area contributed by atoms with Gasteiger partial charge >= 0.3 is 0 Å². The zero-order valence-corrected chi connectivity index (χ0v) is 10.5. The highest BCUT2D eigenvalue weighted by molar-refractivity contribution is 5.85. The summed E-state index contributed by atoms with van der Waals surface area (Å²) in [5.74, 6) is 0. The first-order valence-corrected chi connectivity index (χ1v) is 4.74. The van der Waals surface area contributed by atoms with Gasteiger partial charge in [-0.3, -0.25) is 0 Å². The number of likely N-dealkylation sites (N-methyl/N-ethyl adjacent to an activating group) is 1. The van der Waals surface area contributed by atoms with E-state index >= 15 is 0 Å². The van der Waals surface area contributed by atoms with Gasteiger partial charge in [-0.2, -0.15) is 0 Å². The quantitative estimate of drug-likeness (QED) is 0.825. The highest BCUT2D eigenvalue weighted by Gasteiger charge is 2.33. The number of hydrogen-bond donors (Lipinski definition) is 1. The Morgan fingerprint density at radius 1 is 1.20 bits per heavy atom. The summed E-state index contributed by atoms with van der Waals surface area (Å²) in [5.41, 5.74) is 7.48. The Balaban J connectivity index is 0.000000980. The molecule has 2 nitrogen and oxygen atoms in total. The second-order valence-corrected chi connectivity index (χ2v) is 4.01. The zero-order chi connectivity index (χ0) is 9.31. The Labute approximate surface area is 104 Å². The second kappa shape index (κ2) is 5.71. The number of nitrogens with zero attached hydrogens (tertiary/aromatic N) is 1. The lowest BCUT2D eigenvalue weighted by Crippen LogP contribution is -2.38. The Morgan fingerprint density at radius 3 is 2.27 bits per heavy atom. The van der Waals surface area contributed by atoms with Gasteiger partial charge in [-0.15, -0.1) is 24.8 Å². The van der Waals surface area contributed by atoms with Gasteiger partial charge in [0.2, 0.25) is 0 Å². The summed E-state index contributed by atoms with van der Waals surface area (Å²) in [5, 5.41) is 0. The molecule has 15 heavy (non-hydrogen) atoms. The SMILES string of the molecule is CN1CCC(N)(c2ccccc2)C1.Cl.Cl. The van der Waals surface area contributed by atoms with Crippen molar-refractivity contribution in [1.82, 2.24) is 4.90 Å². The van der Waals surface area contributed by atoms with Crippen LogP contribution < -0.4 is 5.73 Å². The number of hydrogen-bond acceptors (Lipinski definition) is 2. The molecule has 1 aromatic carbocycles. The first-order valence-electron chi connectivity index (χ1n) is 4.74. The van der Waals surface area contributed by atoms with Gasteiger partial charge in [0.05, 0.1) is 5.54 Å². The van der Waals surface area contributed by atoms with E-state index in [1.165, 1.54) is 5.56 Å². The average Bonchev–Trinajstić information content (AvgIpc) is 2.49. The molecule has 4 heteroatoms. The van der Waals surface area contributed by atoms with Crippen LogP contribution in [0.15, 0.2) is 30.3 Å². The molecule has 1 saturated heterocycles. The molecule has 2 rings (SSSR count). The van der Waals surface area contributed by atoms with E-state index in [1.54, 1.807) is 0 Å². The molecule has 86 valence electrons. The molecule has 1 unspecified atom stereocenters. The minimum atomic E-state index is -0.115. The maximum Gasteiger partial charge on any atom is 0.0550 e. The minimum Gasteiger partial charge on any atom is -0.320 e. The van der Waals surface area contributed by atoms with Crippen LogP contribution in [0.2, 0.25) is 0 Å². The third kappa shape index (κ3) is 3.08. The molecule has 2 N–H and O–H groups in total. The molecular formula is C11H18Cl2N2. The third-order valence-corrected chi connectivity index (χ3v) is 2.84. The van der Waals surface area contributed by atoms with Gasteiger partial charge in [0.25, 0.3) is 0 Å². The van der Waals surface area contributed by atoms with Crippen LogP contribution in [-0.2, 0) is 5.54 Å². The summed E-state index contributed by atoms with van der Waals surface area (Å²) >= 11 is 0. The smallest absolute Gasteiger partial charge is 0.0550 e. The molecule has 0 radical (unpaired) electrons. The summed E-state index contributed by atoms with van der Waals surface area (Å²) < 4.78 is 0. The molecule has 0 amide bonds. The van der Waals surface area contributed by atoms with Crippen LogP contribution in [0.1, 0.15) is 12.0 Å². The number of likely N-dealkylation sites (tertiary alicyclic amines) is 1. The molecule has 1 aromatic rings. The number of rotatable bonds is 1. The van der Waals surface area contributed by atoms with E-state index in [0.29, 0.717) is 0 Å². The highest BCUT2D eigenvalue weighted by atomic mass is 35.5. The van der Waals surface area contributed by atoms with Crippen molar-refractivity contribution in [3.63, 3.8) is 0 Å². The normalized spacial score (nSPS) is 25.5. The molecule has 0 bridgehead atoms. The largest absolute Gasteiger partial charge is 0.320 e. The van der Waals surface area contributed by atoms with E-state index in [2.05, 4.69) is 36.2 Å². The van der Waals surface area contributed by atoms with Gasteiger partial charge in [-0.05, 0) is 19.0 Å². The third-order valence-electron chi connectivity index (χ3n) is 2.84. The van der Waals surface area contributed by atoms with Crippen LogP contribution in [0.3, 0.4) is 0 Å². The van der Waals surface area contributed by atoms with E-state index < -0.39 is 0 Å². The van der Waals surface area contributed by atoms with Crippen molar-refractivity contribution in [3.05, 3.63) is 35.9 Å². The molecular weight excluding hydrogens is 231 g/mol. The first kappa shape index (κ1) is 14.7. The Morgan fingerprint density at radius 2 is 1.80 bits per heavy atom. The minimum absolute atomic E-state index is 0. The van der Waals surface area contributed by atoms with Crippen LogP contribution in [0, 0.1) is 0 Å². The van der Waals surface area contributed by atoms with Crippen molar-refractivity contribution < 1.29 is 0 Å². The van der Waals surface area contributed by atoms with Crippen LogP contribution in [0.4, 0.5) is 0 Å². The molecule has 1 aliphatic rings. The van der Waals surface area contributed by atoms with Crippen molar-refractivity contribution in [1.29, 1.82) is 0 Å². The molecule has 1 heterocycles. The average molecular weight is 249 g/mol. The topological polar surface area (TPSA) is 29.3 Å². The van der Waals surface area contributed by atoms with E-state index in [1.807, 2.05) is 6.07 Å². The molecule has 0 spiro atoms. The molecule has 0 saturated carbocycles. The number of benzene rings is 1. The Bertz CT molecular complexity index is 292. The van der Waals surface area contributed by atoms with Crippen LogP contribution in [0.5, 0.6) is 0 Å².